The van der Waals surface area contributed by atoms with Gasteiger partial charge >= 0.3 is 0 Å². The molecule has 0 radical (unpaired) electrons. The number of rotatable bonds is 5. The molecule has 1 atom stereocenters. The first-order valence-electron chi connectivity index (χ1n) is 7.00. The summed E-state index contributed by atoms with van der Waals surface area (Å²) in [7, 11) is 0. The predicted molar refractivity (Wildman–Crippen MR) is 76.1 cm³/mol. The molecule has 19 heavy (non-hydrogen) atoms. The highest BCUT2D eigenvalue weighted by Gasteiger charge is 2.27. The van der Waals surface area contributed by atoms with Crippen LogP contribution in [-0.2, 0) is 11.2 Å². The van der Waals surface area contributed by atoms with Crippen LogP contribution in [0.1, 0.15) is 25.3 Å². The molecule has 1 aliphatic rings. The predicted octanol–water partition coefficient (Wildman–Crippen LogP) is 1.64. The number of anilines is 1. The molecule has 1 aromatic rings. The third-order valence-electron chi connectivity index (χ3n) is 3.72. The molecule has 104 valence electrons. The normalized spacial score (nSPS) is 18.9. The van der Waals surface area contributed by atoms with E-state index in [9.17, 15) is 4.79 Å². The Balaban J connectivity index is 2.10. The zero-order valence-corrected chi connectivity index (χ0v) is 11.4. The van der Waals surface area contributed by atoms with Crippen LogP contribution in [0.5, 0.6) is 0 Å². The number of carbonyl (C=O) groups excluding carboxylic acids is 1. The summed E-state index contributed by atoms with van der Waals surface area (Å²) in [6.45, 7) is 3.82. The van der Waals surface area contributed by atoms with Gasteiger partial charge in [-0.05, 0) is 37.4 Å². The number of amides is 1. The van der Waals surface area contributed by atoms with Crippen molar-refractivity contribution in [3.63, 3.8) is 0 Å². The van der Waals surface area contributed by atoms with Gasteiger partial charge in [0.05, 0.1) is 6.04 Å². The number of aliphatic hydroxyl groups is 1. The fourth-order valence-electron chi connectivity index (χ4n) is 2.66. The topological polar surface area (TPSA) is 52.6 Å². The van der Waals surface area contributed by atoms with E-state index in [0.717, 1.165) is 31.6 Å². The van der Waals surface area contributed by atoms with Gasteiger partial charge in [-0.25, -0.2) is 0 Å². The molecule has 0 aliphatic carbocycles. The molecule has 0 spiro atoms. The Labute approximate surface area is 114 Å². The summed E-state index contributed by atoms with van der Waals surface area (Å²) < 4.78 is 0. The van der Waals surface area contributed by atoms with Crippen LogP contribution in [0.2, 0.25) is 0 Å². The van der Waals surface area contributed by atoms with Crippen LogP contribution < -0.4 is 5.32 Å². The summed E-state index contributed by atoms with van der Waals surface area (Å²) in [5, 5.41) is 12.0. The Morgan fingerprint density at radius 2 is 2.21 bits per heavy atom. The second kappa shape index (κ2) is 6.68. The van der Waals surface area contributed by atoms with E-state index >= 15 is 0 Å². The number of nitrogens with one attached hydrogen (secondary N) is 1. The van der Waals surface area contributed by atoms with Gasteiger partial charge in [-0.2, -0.15) is 0 Å². The Hall–Kier alpha value is -1.39. The van der Waals surface area contributed by atoms with Crippen molar-refractivity contribution in [2.45, 2.75) is 32.2 Å². The molecule has 2 N–H and O–H groups in total. The van der Waals surface area contributed by atoms with Crippen LogP contribution in [0.3, 0.4) is 0 Å². The summed E-state index contributed by atoms with van der Waals surface area (Å²) in [4.78, 5) is 14.5. The molecule has 1 amide bonds. The Bertz CT molecular complexity index is 434. The van der Waals surface area contributed by atoms with Gasteiger partial charge in [-0.1, -0.05) is 25.1 Å². The van der Waals surface area contributed by atoms with E-state index in [2.05, 4.69) is 23.2 Å². The van der Waals surface area contributed by atoms with Crippen molar-refractivity contribution in [1.82, 2.24) is 4.90 Å². The van der Waals surface area contributed by atoms with Gasteiger partial charge in [-0.15, -0.1) is 0 Å². The van der Waals surface area contributed by atoms with Gasteiger partial charge in [0.2, 0.25) is 5.91 Å². The number of hydrogen-bond acceptors (Lipinski definition) is 3. The van der Waals surface area contributed by atoms with Gasteiger partial charge in [0.25, 0.3) is 0 Å². The number of para-hydroxylation sites is 1. The number of likely N-dealkylation sites (N-methyl/N-ethyl adjacent to an activating group) is 1. The molecule has 0 bridgehead atoms. The van der Waals surface area contributed by atoms with Crippen LogP contribution in [-0.4, -0.2) is 41.7 Å². The number of nitrogens with zero attached hydrogens (tertiary/aromatic N) is 1. The Morgan fingerprint density at radius 3 is 2.95 bits per heavy atom. The fraction of sp³-hybridized carbons (Fsp3) is 0.533. The highest BCUT2D eigenvalue weighted by Crippen LogP contribution is 2.23. The van der Waals surface area contributed by atoms with Crippen molar-refractivity contribution in [2.24, 2.45) is 0 Å². The van der Waals surface area contributed by atoms with Crippen molar-refractivity contribution in [3.8, 4) is 0 Å². The maximum absolute atomic E-state index is 12.3. The Kier molecular flexibility index (Phi) is 4.93. The zero-order chi connectivity index (χ0) is 13.7. The first-order valence-corrected chi connectivity index (χ1v) is 7.00. The molecule has 1 aromatic carbocycles. The van der Waals surface area contributed by atoms with E-state index in [1.54, 1.807) is 0 Å². The smallest absolute Gasteiger partial charge is 0.241 e. The van der Waals surface area contributed by atoms with Gasteiger partial charge in [0, 0.05) is 18.8 Å². The molecule has 0 aromatic heterocycles. The maximum Gasteiger partial charge on any atom is 0.241 e. The number of carbonyl (C=O) groups is 1. The van der Waals surface area contributed by atoms with Crippen LogP contribution in [0.4, 0.5) is 5.69 Å². The van der Waals surface area contributed by atoms with Gasteiger partial charge in [0.1, 0.15) is 0 Å². The first-order chi connectivity index (χ1) is 9.26. The molecule has 1 unspecified atom stereocenters. The average molecular weight is 262 g/mol. The summed E-state index contributed by atoms with van der Waals surface area (Å²) in [6.07, 6.45) is 2.46. The highest BCUT2D eigenvalue weighted by atomic mass is 16.3. The fourth-order valence-corrected chi connectivity index (χ4v) is 2.66. The zero-order valence-electron chi connectivity index (χ0n) is 11.4. The molecule has 2 rings (SSSR count). The first kappa shape index (κ1) is 14.0. The lowest BCUT2D eigenvalue weighted by atomic mass is 10.0. The van der Waals surface area contributed by atoms with E-state index < -0.39 is 0 Å². The van der Waals surface area contributed by atoms with Gasteiger partial charge in [0.15, 0.2) is 0 Å². The second-order valence-corrected chi connectivity index (χ2v) is 4.91. The van der Waals surface area contributed by atoms with Crippen LogP contribution in [0.25, 0.3) is 0 Å². The SMILES string of the molecule is CCN(CCCO)C1CCc2ccccc2NC1=O. The minimum Gasteiger partial charge on any atom is -0.396 e. The number of benzene rings is 1. The highest BCUT2D eigenvalue weighted by molar-refractivity contribution is 5.96. The lowest BCUT2D eigenvalue weighted by Gasteiger charge is -2.28. The van der Waals surface area contributed by atoms with Crippen molar-refractivity contribution in [3.05, 3.63) is 29.8 Å². The molecular weight excluding hydrogens is 240 g/mol. The van der Waals surface area contributed by atoms with Crippen molar-refractivity contribution in [1.29, 1.82) is 0 Å². The number of aliphatic hydroxyl groups excluding tert-OH is 1. The van der Waals surface area contributed by atoms with E-state index in [1.165, 1.54) is 5.56 Å². The van der Waals surface area contributed by atoms with E-state index in [1.807, 2.05) is 18.2 Å². The third-order valence-corrected chi connectivity index (χ3v) is 3.72. The van der Waals surface area contributed by atoms with Crippen molar-refractivity contribution >= 4 is 11.6 Å². The summed E-state index contributed by atoms with van der Waals surface area (Å²) in [5.41, 5.74) is 2.14. The summed E-state index contributed by atoms with van der Waals surface area (Å²) in [5.74, 6) is 0.0738. The summed E-state index contributed by atoms with van der Waals surface area (Å²) in [6, 6.07) is 7.89. The van der Waals surface area contributed by atoms with Crippen LogP contribution in [0.15, 0.2) is 24.3 Å². The molecule has 4 heteroatoms. The number of aryl methyl sites for hydroxylation is 1. The number of hydrogen-bond donors (Lipinski definition) is 2. The molecule has 4 nitrogen and oxygen atoms in total. The minimum absolute atomic E-state index is 0.0738. The van der Waals surface area contributed by atoms with Crippen molar-refractivity contribution < 1.29 is 9.90 Å². The molecule has 1 heterocycles. The minimum atomic E-state index is -0.0936. The lowest BCUT2D eigenvalue weighted by Crippen LogP contribution is -2.44. The molecule has 1 aliphatic heterocycles. The lowest BCUT2D eigenvalue weighted by molar-refractivity contribution is -0.121. The van der Waals surface area contributed by atoms with Crippen LogP contribution in [0, 0.1) is 0 Å². The largest absolute Gasteiger partial charge is 0.396 e. The second-order valence-electron chi connectivity index (χ2n) is 4.91. The maximum atomic E-state index is 12.3. The standard InChI is InChI=1S/C15H22N2O2/c1-2-17(10-5-11-18)14-9-8-12-6-3-4-7-13(12)16-15(14)19/h3-4,6-7,14,18H,2,5,8-11H2,1H3,(H,16,19). The van der Waals surface area contributed by atoms with E-state index in [4.69, 9.17) is 5.11 Å². The third kappa shape index (κ3) is 3.33. The van der Waals surface area contributed by atoms with Crippen LogP contribution >= 0.6 is 0 Å². The Morgan fingerprint density at radius 1 is 1.42 bits per heavy atom. The number of fused-ring (bicyclic) bond motifs is 1. The molecular formula is C15H22N2O2. The quantitative estimate of drug-likeness (QED) is 0.848. The van der Waals surface area contributed by atoms with E-state index in [0.29, 0.717) is 6.42 Å². The van der Waals surface area contributed by atoms with Crippen molar-refractivity contribution in [2.75, 3.05) is 25.0 Å². The average Bonchev–Trinajstić information content (AvgIpc) is 2.59. The van der Waals surface area contributed by atoms with Gasteiger partial charge < -0.3 is 10.4 Å². The van der Waals surface area contributed by atoms with E-state index in [-0.39, 0.29) is 18.6 Å². The molecule has 0 saturated heterocycles. The molecule has 0 saturated carbocycles. The molecule has 0 fully saturated rings. The summed E-state index contributed by atoms with van der Waals surface area (Å²) >= 11 is 0. The monoisotopic (exact) mass is 262 g/mol. The van der Waals surface area contributed by atoms with Gasteiger partial charge in [-0.3, -0.25) is 9.69 Å².